The van der Waals surface area contributed by atoms with Crippen LogP contribution in [0.3, 0.4) is 0 Å². The van der Waals surface area contributed by atoms with E-state index in [2.05, 4.69) is 17.2 Å². The molecule has 1 aliphatic rings. The highest BCUT2D eigenvalue weighted by Crippen LogP contribution is 2.30. The highest BCUT2D eigenvalue weighted by molar-refractivity contribution is 7.17. The van der Waals surface area contributed by atoms with E-state index in [-0.39, 0.29) is 24.1 Å². The highest BCUT2D eigenvalue weighted by atomic mass is 32.1. The summed E-state index contributed by atoms with van der Waals surface area (Å²) >= 11 is 1.46. The zero-order valence-electron chi connectivity index (χ0n) is 16.3. The van der Waals surface area contributed by atoms with Gasteiger partial charge in [-0.1, -0.05) is 49.6 Å². The van der Waals surface area contributed by atoms with Gasteiger partial charge in [0, 0.05) is 17.0 Å². The molecular formula is C22H25N3O2S. The van der Waals surface area contributed by atoms with Crippen molar-refractivity contribution < 1.29 is 4.79 Å². The van der Waals surface area contributed by atoms with E-state index in [0.717, 1.165) is 30.4 Å². The zero-order valence-corrected chi connectivity index (χ0v) is 17.1. The summed E-state index contributed by atoms with van der Waals surface area (Å²) in [5, 5.41) is 5.68. The fourth-order valence-corrected chi connectivity index (χ4v) is 4.87. The second kappa shape index (κ2) is 7.87. The van der Waals surface area contributed by atoms with E-state index in [4.69, 9.17) is 0 Å². The molecule has 28 heavy (non-hydrogen) atoms. The summed E-state index contributed by atoms with van der Waals surface area (Å²) in [4.78, 5) is 30.8. The number of fused-ring (bicyclic) bond motifs is 1. The quantitative estimate of drug-likeness (QED) is 0.722. The summed E-state index contributed by atoms with van der Waals surface area (Å²) < 4.78 is 1.43. The topological polar surface area (TPSA) is 64.0 Å². The Hall–Kier alpha value is -2.47. The SMILES string of the molecule is Cc1ccc(-c2csc3ncn(CC(=O)N[C@H]4CCCC[C@@H]4C)c(=O)c23)cc1. The van der Waals surface area contributed by atoms with Crippen molar-refractivity contribution in [2.75, 3.05) is 0 Å². The van der Waals surface area contributed by atoms with E-state index in [1.54, 1.807) is 0 Å². The fourth-order valence-electron chi connectivity index (χ4n) is 3.96. The first kappa shape index (κ1) is 18.9. The first-order valence-corrected chi connectivity index (χ1v) is 10.7. The van der Waals surface area contributed by atoms with E-state index >= 15 is 0 Å². The maximum absolute atomic E-state index is 13.1. The molecule has 0 radical (unpaired) electrons. The molecule has 1 amide bonds. The van der Waals surface area contributed by atoms with Gasteiger partial charge in [0.1, 0.15) is 11.4 Å². The number of hydrogen-bond donors (Lipinski definition) is 1. The normalized spacial score (nSPS) is 19.6. The van der Waals surface area contributed by atoms with Gasteiger partial charge in [0.05, 0.1) is 11.7 Å². The number of aromatic nitrogens is 2. The van der Waals surface area contributed by atoms with Crippen LogP contribution in [0.1, 0.15) is 38.2 Å². The van der Waals surface area contributed by atoms with Crippen LogP contribution in [0, 0.1) is 12.8 Å². The van der Waals surface area contributed by atoms with Crippen molar-refractivity contribution >= 4 is 27.5 Å². The lowest BCUT2D eigenvalue weighted by molar-refractivity contribution is -0.123. The molecule has 1 aromatic carbocycles. The monoisotopic (exact) mass is 395 g/mol. The van der Waals surface area contributed by atoms with E-state index < -0.39 is 0 Å². The van der Waals surface area contributed by atoms with Crippen LogP contribution in [0.15, 0.2) is 40.8 Å². The molecule has 4 rings (SSSR count). The smallest absolute Gasteiger partial charge is 0.263 e. The third kappa shape index (κ3) is 3.74. The molecule has 0 saturated heterocycles. The predicted molar refractivity (Wildman–Crippen MR) is 114 cm³/mol. The molecule has 0 bridgehead atoms. The fraction of sp³-hybridized carbons (Fsp3) is 0.409. The van der Waals surface area contributed by atoms with Crippen LogP contribution in [0.5, 0.6) is 0 Å². The van der Waals surface area contributed by atoms with Crippen LogP contribution in [0.2, 0.25) is 0 Å². The van der Waals surface area contributed by atoms with Crippen LogP contribution in [0.25, 0.3) is 21.3 Å². The van der Waals surface area contributed by atoms with Crippen molar-refractivity contribution in [1.82, 2.24) is 14.9 Å². The summed E-state index contributed by atoms with van der Waals surface area (Å²) in [6, 6.07) is 8.31. The number of thiophene rings is 1. The average Bonchev–Trinajstić information content (AvgIpc) is 3.11. The van der Waals surface area contributed by atoms with Gasteiger partial charge in [0.25, 0.3) is 5.56 Å². The Labute approximate surface area is 168 Å². The molecule has 1 saturated carbocycles. The van der Waals surface area contributed by atoms with Gasteiger partial charge in [0.2, 0.25) is 5.91 Å². The number of rotatable bonds is 4. The van der Waals surface area contributed by atoms with Crippen molar-refractivity contribution in [1.29, 1.82) is 0 Å². The van der Waals surface area contributed by atoms with E-state index in [0.29, 0.717) is 16.1 Å². The van der Waals surface area contributed by atoms with Gasteiger partial charge in [0.15, 0.2) is 0 Å². The Morgan fingerprint density at radius 3 is 2.75 bits per heavy atom. The predicted octanol–water partition coefficient (Wildman–Crippen LogP) is 4.13. The Morgan fingerprint density at radius 1 is 1.25 bits per heavy atom. The third-order valence-corrected chi connectivity index (χ3v) is 6.58. The number of amides is 1. The lowest BCUT2D eigenvalue weighted by Gasteiger charge is -2.29. The Kier molecular flexibility index (Phi) is 5.31. The van der Waals surface area contributed by atoms with Crippen LogP contribution >= 0.6 is 11.3 Å². The van der Waals surface area contributed by atoms with Crippen molar-refractivity contribution in [3.05, 3.63) is 51.9 Å². The first-order chi connectivity index (χ1) is 13.5. The van der Waals surface area contributed by atoms with Crippen molar-refractivity contribution in [2.24, 2.45) is 5.92 Å². The average molecular weight is 396 g/mol. The van der Waals surface area contributed by atoms with Crippen LogP contribution in [-0.2, 0) is 11.3 Å². The molecule has 2 heterocycles. The number of benzene rings is 1. The lowest BCUT2D eigenvalue weighted by atomic mass is 9.86. The second-order valence-electron chi connectivity index (χ2n) is 7.81. The molecule has 0 unspecified atom stereocenters. The maximum atomic E-state index is 13.1. The Morgan fingerprint density at radius 2 is 2.00 bits per heavy atom. The zero-order chi connectivity index (χ0) is 19.7. The molecule has 6 heteroatoms. The van der Waals surface area contributed by atoms with Gasteiger partial charge in [-0.25, -0.2) is 4.98 Å². The van der Waals surface area contributed by atoms with E-state index in [1.807, 2.05) is 36.6 Å². The molecule has 1 fully saturated rings. The molecular weight excluding hydrogens is 370 g/mol. The lowest BCUT2D eigenvalue weighted by Crippen LogP contribution is -2.43. The number of carbonyl (C=O) groups excluding carboxylic acids is 1. The van der Waals surface area contributed by atoms with Crippen LogP contribution in [-0.4, -0.2) is 21.5 Å². The standard InChI is InChI=1S/C22H25N3O2S/c1-14-7-9-16(10-8-14)17-12-28-21-20(17)22(27)25(13-23-21)11-19(26)24-18-6-4-3-5-15(18)2/h7-10,12-13,15,18H,3-6,11H2,1-2H3,(H,24,26)/t15-,18-/m0/s1. The van der Waals surface area contributed by atoms with Gasteiger partial charge in [-0.2, -0.15) is 0 Å². The summed E-state index contributed by atoms with van der Waals surface area (Å²) in [6.45, 7) is 4.23. The van der Waals surface area contributed by atoms with Crippen molar-refractivity contribution in [2.45, 2.75) is 52.1 Å². The van der Waals surface area contributed by atoms with Gasteiger partial charge in [-0.15, -0.1) is 11.3 Å². The number of carbonyl (C=O) groups is 1. The third-order valence-electron chi connectivity index (χ3n) is 5.70. The van der Waals surface area contributed by atoms with E-state index in [1.165, 1.54) is 34.2 Å². The van der Waals surface area contributed by atoms with Gasteiger partial charge in [-0.05, 0) is 31.2 Å². The maximum Gasteiger partial charge on any atom is 0.263 e. The molecule has 5 nitrogen and oxygen atoms in total. The van der Waals surface area contributed by atoms with Crippen molar-refractivity contribution in [3.63, 3.8) is 0 Å². The Balaban J connectivity index is 1.60. The summed E-state index contributed by atoms with van der Waals surface area (Å²) in [5.74, 6) is 0.370. The molecule has 1 N–H and O–H groups in total. The Bertz CT molecular complexity index is 1050. The minimum Gasteiger partial charge on any atom is -0.352 e. The molecule has 1 aliphatic carbocycles. The number of hydrogen-bond acceptors (Lipinski definition) is 4. The van der Waals surface area contributed by atoms with Crippen molar-refractivity contribution in [3.8, 4) is 11.1 Å². The molecule has 2 aromatic heterocycles. The minimum absolute atomic E-state index is 0.00811. The van der Waals surface area contributed by atoms with Gasteiger partial charge < -0.3 is 5.32 Å². The van der Waals surface area contributed by atoms with Gasteiger partial charge in [-0.3, -0.25) is 14.2 Å². The summed E-state index contributed by atoms with van der Waals surface area (Å²) in [5.41, 5.74) is 2.89. The second-order valence-corrected chi connectivity index (χ2v) is 8.67. The number of aryl methyl sites for hydroxylation is 1. The van der Waals surface area contributed by atoms with Crippen LogP contribution in [0.4, 0.5) is 0 Å². The molecule has 0 aliphatic heterocycles. The number of nitrogens with one attached hydrogen (secondary N) is 1. The molecule has 3 aromatic rings. The highest BCUT2D eigenvalue weighted by Gasteiger charge is 2.23. The van der Waals surface area contributed by atoms with E-state index in [9.17, 15) is 9.59 Å². The van der Waals surface area contributed by atoms with Gasteiger partial charge >= 0.3 is 0 Å². The minimum atomic E-state index is -0.159. The molecule has 0 spiro atoms. The molecule has 146 valence electrons. The first-order valence-electron chi connectivity index (χ1n) is 9.86. The summed E-state index contributed by atoms with van der Waals surface area (Å²) in [7, 11) is 0. The molecule has 2 atom stereocenters. The largest absolute Gasteiger partial charge is 0.352 e. The van der Waals surface area contributed by atoms with Crippen LogP contribution < -0.4 is 10.9 Å². The number of nitrogens with zero attached hydrogens (tertiary/aromatic N) is 2. The summed E-state index contributed by atoms with van der Waals surface area (Å²) in [6.07, 6.45) is 6.03.